The van der Waals surface area contributed by atoms with Crippen molar-refractivity contribution in [2.24, 2.45) is 0 Å². The minimum Gasteiger partial charge on any atom is -0.492 e. The fourth-order valence-corrected chi connectivity index (χ4v) is 6.80. The van der Waals surface area contributed by atoms with Crippen molar-refractivity contribution in [2.75, 3.05) is 26.2 Å². The summed E-state index contributed by atoms with van der Waals surface area (Å²) < 4.78 is 33.5. The highest BCUT2D eigenvalue weighted by atomic mass is 79.9. The first-order chi connectivity index (χ1) is 21.7. The number of carbonyl (C=O) groups is 2. The third kappa shape index (κ3) is 7.64. The number of carbonyl (C=O) groups excluding carboxylic acids is 2. The van der Waals surface area contributed by atoms with Crippen LogP contribution >= 0.6 is 15.9 Å². The molecule has 6 rings (SSSR count). The average Bonchev–Trinajstić information content (AvgIpc) is 3.87. The van der Waals surface area contributed by atoms with Gasteiger partial charge in [-0.25, -0.2) is 8.78 Å². The molecule has 0 aromatic heterocycles. The number of nitrogens with one attached hydrogen (secondary N) is 1. The van der Waals surface area contributed by atoms with E-state index in [2.05, 4.69) is 45.5 Å². The van der Waals surface area contributed by atoms with Crippen molar-refractivity contribution < 1.29 is 23.1 Å². The summed E-state index contributed by atoms with van der Waals surface area (Å²) in [5.41, 5.74) is 4.99. The minimum atomic E-state index is -0.333. The normalized spacial score (nSPS) is 19.4. The van der Waals surface area contributed by atoms with Gasteiger partial charge in [0.05, 0.1) is 17.1 Å². The van der Waals surface area contributed by atoms with Gasteiger partial charge in [0.15, 0.2) is 0 Å². The second kappa shape index (κ2) is 13.8. The molecular formula is C36H38BrF2N3O3. The first-order valence-corrected chi connectivity index (χ1v) is 16.5. The standard InChI is InChI=1S/C36H38BrF2N3O3/c1-23(43)41-21-29-20-31(26-8-4-24(5-9-26)3-2-18-45-34-19-28(39)12-15-32(34)37)35(33(22-41)40-29)36(44)42(30-13-14-30)17-16-25-6-10-27(38)11-7-25/h4-12,15,19,29-30,33,40H,2-3,13-14,16-18,20-22H2,1H3. The van der Waals surface area contributed by atoms with Gasteiger partial charge in [-0.1, -0.05) is 36.4 Å². The Balaban J connectivity index is 1.20. The molecule has 0 spiro atoms. The van der Waals surface area contributed by atoms with Crippen LogP contribution in [0.3, 0.4) is 0 Å². The molecule has 2 amide bonds. The maximum Gasteiger partial charge on any atom is 0.252 e. The summed E-state index contributed by atoms with van der Waals surface area (Å²) in [6.07, 6.45) is 4.85. The van der Waals surface area contributed by atoms with E-state index in [-0.39, 0.29) is 41.6 Å². The van der Waals surface area contributed by atoms with Gasteiger partial charge in [0.2, 0.25) is 5.91 Å². The molecule has 1 saturated heterocycles. The van der Waals surface area contributed by atoms with Gasteiger partial charge in [0.25, 0.3) is 5.91 Å². The number of halogens is 3. The van der Waals surface area contributed by atoms with E-state index < -0.39 is 0 Å². The van der Waals surface area contributed by atoms with Crippen molar-refractivity contribution in [1.82, 2.24) is 15.1 Å². The summed E-state index contributed by atoms with van der Waals surface area (Å²) in [5, 5.41) is 3.65. The Labute approximate surface area is 271 Å². The summed E-state index contributed by atoms with van der Waals surface area (Å²) in [4.78, 5) is 30.7. The molecule has 3 aromatic carbocycles. The van der Waals surface area contributed by atoms with Gasteiger partial charge in [-0.15, -0.1) is 0 Å². The Morgan fingerprint density at radius 3 is 2.36 bits per heavy atom. The Hall–Kier alpha value is -3.56. The van der Waals surface area contributed by atoms with Crippen molar-refractivity contribution in [3.05, 3.63) is 105 Å². The molecule has 9 heteroatoms. The molecule has 2 unspecified atom stereocenters. The second-order valence-electron chi connectivity index (χ2n) is 12.3. The van der Waals surface area contributed by atoms with Gasteiger partial charge >= 0.3 is 0 Å². The third-order valence-corrected chi connectivity index (χ3v) is 9.60. The van der Waals surface area contributed by atoms with Crippen molar-refractivity contribution in [1.29, 1.82) is 0 Å². The molecule has 2 fully saturated rings. The first kappa shape index (κ1) is 31.4. The molecule has 2 atom stereocenters. The maximum atomic E-state index is 14.4. The van der Waals surface area contributed by atoms with Crippen molar-refractivity contribution in [3.63, 3.8) is 0 Å². The zero-order valence-corrected chi connectivity index (χ0v) is 27.0. The number of fused-ring (bicyclic) bond motifs is 2. The molecule has 2 aliphatic heterocycles. The number of amides is 2. The zero-order valence-electron chi connectivity index (χ0n) is 25.4. The van der Waals surface area contributed by atoms with Crippen LogP contribution in [0.25, 0.3) is 5.57 Å². The van der Waals surface area contributed by atoms with Crippen LogP contribution in [0.2, 0.25) is 0 Å². The van der Waals surface area contributed by atoms with E-state index >= 15 is 0 Å². The minimum absolute atomic E-state index is 0.0233. The van der Waals surface area contributed by atoms with Crippen LogP contribution in [0.15, 0.2) is 76.8 Å². The molecule has 1 N–H and O–H groups in total. The van der Waals surface area contributed by atoms with E-state index in [0.29, 0.717) is 44.8 Å². The van der Waals surface area contributed by atoms with Crippen LogP contribution in [0.4, 0.5) is 8.78 Å². The number of piperazine rings is 1. The Morgan fingerprint density at radius 2 is 1.64 bits per heavy atom. The molecule has 1 saturated carbocycles. The molecule has 6 nitrogen and oxygen atoms in total. The summed E-state index contributed by atoms with van der Waals surface area (Å²) in [7, 11) is 0. The monoisotopic (exact) mass is 677 g/mol. The molecule has 236 valence electrons. The van der Waals surface area contributed by atoms with Gasteiger partial charge in [-0.2, -0.15) is 0 Å². The first-order valence-electron chi connectivity index (χ1n) is 15.7. The van der Waals surface area contributed by atoms with Crippen LogP contribution < -0.4 is 10.1 Å². The molecule has 3 aromatic rings. The van der Waals surface area contributed by atoms with Crippen LogP contribution in [0.1, 0.15) is 49.3 Å². The fourth-order valence-electron chi connectivity index (χ4n) is 6.43. The van der Waals surface area contributed by atoms with Crippen LogP contribution in [0, 0.1) is 11.6 Å². The van der Waals surface area contributed by atoms with Gasteiger partial charge < -0.3 is 19.9 Å². The number of hydrogen-bond donors (Lipinski definition) is 1. The van der Waals surface area contributed by atoms with Crippen LogP contribution in [-0.4, -0.2) is 66.0 Å². The highest BCUT2D eigenvalue weighted by Gasteiger charge is 2.42. The van der Waals surface area contributed by atoms with Crippen LogP contribution in [0.5, 0.6) is 5.75 Å². The summed E-state index contributed by atoms with van der Waals surface area (Å²) >= 11 is 3.40. The summed E-state index contributed by atoms with van der Waals surface area (Å²) in [6.45, 7) is 3.70. The number of aryl methyl sites for hydroxylation is 1. The van der Waals surface area contributed by atoms with E-state index in [1.165, 1.54) is 24.3 Å². The SMILES string of the molecule is CC(=O)N1CC2CC(c3ccc(CCCOc4cc(F)ccc4Br)cc3)=C(C(=O)N(CCc3ccc(F)cc3)C3CC3)C(C1)N2. The molecule has 2 heterocycles. The lowest BCUT2D eigenvalue weighted by Crippen LogP contribution is -2.62. The molecular weight excluding hydrogens is 640 g/mol. The van der Waals surface area contributed by atoms with Gasteiger partial charge in [0.1, 0.15) is 17.4 Å². The molecule has 3 aliphatic rings. The topological polar surface area (TPSA) is 61.9 Å². The smallest absolute Gasteiger partial charge is 0.252 e. The lowest BCUT2D eigenvalue weighted by Gasteiger charge is -2.44. The quantitative estimate of drug-likeness (QED) is 0.242. The Bertz CT molecular complexity index is 1570. The predicted molar refractivity (Wildman–Crippen MR) is 174 cm³/mol. The van der Waals surface area contributed by atoms with Crippen molar-refractivity contribution in [2.45, 2.75) is 63.6 Å². The number of nitrogens with zero attached hydrogens (tertiary/aromatic N) is 2. The number of benzene rings is 3. The summed E-state index contributed by atoms with van der Waals surface area (Å²) in [5.74, 6) is -0.0569. The molecule has 2 bridgehead atoms. The van der Waals surface area contributed by atoms with E-state index in [9.17, 15) is 18.4 Å². The number of hydrogen-bond acceptors (Lipinski definition) is 4. The Kier molecular flexibility index (Phi) is 9.66. The lowest BCUT2D eigenvalue weighted by atomic mass is 9.82. The van der Waals surface area contributed by atoms with Crippen LogP contribution in [-0.2, 0) is 22.4 Å². The fraction of sp³-hybridized carbons (Fsp3) is 0.389. The average molecular weight is 679 g/mol. The van der Waals surface area contributed by atoms with E-state index in [0.717, 1.165) is 58.0 Å². The summed E-state index contributed by atoms with van der Waals surface area (Å²) in [6, 6.07) is 19.3. The lowest BCUT2D eigenvalue weighted by molar-refractivity contribution is -0.132. The Morgan fingerprint density at radius 1 is 0.956 bits per heavy atom. The van der Waals surface area contributed by atoms with Crippen molar-refractivity contribution in [3.8, 4) is 5.75 Å². The van der Waals surface area contributed by atoms with Gasteiger partial charge in [-0.05, 0) is 101 Å². The largest absolute Gasteiger partial charge is 0.492 e. The van der Waals surface area contributed by atoms with E-state index in [1.54, 1.807) is 25.1 Å². The third-order valence-electron chi connectivity index (χ3n) is 8.95. The second-order valence-corrected chi connectivity index (χ2v) is 13.1. The highest BCUT2D eigenvalue weighted by Crippen LogP contribution is 2.37. The number of rotatable bonds is 11. The molecule has 45 heavy (non-hydrogen) atoms. The maximum absolute atomic E-state index is 14.4. The predicted octanol–water partition coefficient (Wildman–Crippen LogP) is 6.32. The van der Waals surface area contributed by atoms with Gasteiger partial charge in [0, 0.05) is 50.3 Å². The van der Waals surface area contributed by atoms with E-state index in [1.807, 2.05) is 9.80 Å². The molecule has 0 radical (unpaired) electrons. The highest BCUT2D eigenvalue weighted by molar-refractivity contribution is 9.10. The number of ether oxygens (including phenoxy) is 1. The van der Waals surface area contributed by atoms with E-state index in [4.69, 9.17) is 4.74 Å². The van der Waals surface area contributed by atoms with Gasteiger partial charge in [-0.3, -0.25) is 9.59 Å². The van der Waals surface area contributed by atoms with Crippen molar-refractivity contribution >= 4 is 33.3 Å². The molecule has 1 aliphatic carbocycles. The zero-order chi connectivity index (χ0) is 31.5.